The van der Waals surface area contributed by atoms with E-state index in [0.29, 0.717) is 6.04 Å². The van der Waals surface area contributed by atoms with Crippen molar-refractivity contribution < 1.29 is 0 Å². The molecule has 2 rings (SSSR count). The Bertz CT molecular complexity index is 387. The number of hydrogen-bond donors (Lipinski definition) is 1. The minimum atomic E-state index is 0. The first-order valence-electron chi connectivity index (χ1n) is 7.28. The average Bonchev–Trinajstić information content (AvgIpc) is 2.70. The molecule has 0 saturated carbocycles. The predicted molar refractivity (Wildman–Crippen MR) is 103 cm³/mol. The van der Waals surface area contributed by atoms with Gasteiger partial charge in [0.05, 0.1) is 3.79 Å². The zero-order chi connectivity index (χ0) is 13.8. The third kappa shape index (κ3) is 6.36. The van der Waals surface area contributed by atoms with Gasteiger partial charge in [-0.05, 0) is 53.2 Å². The summed E-state index contributed by atoms with van der Waals surface area (Å²) in [4.78, 5) is 4.20. The number of thiophene rings is 1. The molecular formula is C15H27BrCl2N2S. The van der Waals surface area contributed by atoms with E-state index >= 15 is 0 Å². The molecule has 6 heteroatoms. The molecule has 1 fully saturated rings. The molecule has 0 aliphatic carbocycles. The third-order valence-corrected chi connectivity index (χ3v) is 6.05. The quantitative estimate of drug-likeness (QED) is 0.721. The van der Waals surface area contributed by atoms with E-state index in [-0.39, 0.29) is 24.8 Å². The maximum Gasteiger partial charge on any atom is 0.0731 e. The summed E-state index contributed by atoms with van der Waals surface area (Å²) in [6.45, 7) is 11.5. The highest BCUT2D eigenvalue weighted by Crippen LogP contribution is 2.36. The summed E-state index contributed by atoms with van der Waals surface area (Å²) < 4.78 is 1.30. The second kappa shape index (κ2) is 10.5. The van der Waals surface area contributed by atoms with Crippen LogP contribution in [0.4, 0.5) is 0 Å². The smallest absolute Gasteiger partial charge is 0.0731 e. The molecule has 0 radical (unpaired) electrons. The molecule has 1 aromatic rings. The van der Waals surface area contributed by atoms with Crippen LogP contribution in [0.1, 0.15) is 43.2 Å². The van der Waals surface area contributed by atoms with Crippen molar-refractivity contribution in [1.82, 2.24) is 10.2 Å². The Morgan fingerprint density at radius 2 is 1.86 bits per heavy atom. The van der Waals surface area contributed by atoms with Gasteiger partial charge in [0.1, 0.15) is 0 Å². The van der Waals surface area contributed by atoms with Crippen molar-refractivity contribution in [3.63, 3.8) is 0 Å². The van der Waals surface area contributed by atoms with Gasteiger partial charge in [0.25, 0.3) is 0 Å². The maximum absolute atomic E-state index is 3.68. The Morgan fingerprint density at radius 1 is 1.24 bits per heavy atom. The fraction of sp³-hybridized carbons (Fsp3) is 0.733. The highest BCUT2D eigenvalue weighted by molar-refractivity contribution is 9.11. The SMILES string of the molecule is Cc1cc([C@@H](CCC(C)C)N2CCNCC2)sc1Br.Cl.Cl. The van der Waals surface area contributed by atoms with Crippen molar-refractivity contribution in [2.75, 3.05) is 26.2 Å². The molecule has 21 heavy (non-hydrogen) atoms. The van der Waals surface area contributed by atoms with Gasteiger partial charge < -0.3 is 5.32 Å². The van der Waals surface area contributed by atoms with Gasteiger partial charge in [0.2, 0.25) is 0 Å². The minimum Gasteiger partial charge on any atom is -0.314 e. The summed E-state index contributed by atoms with van der Waals surface area (Å²) in [5.41, 5.74) is 1.38. The molecule has 0 amide bonds. The van der Waals surface area contributed by atoms with Crippen LogP contribution < -0.4 is 5.32 Å². The Morgan fingerprint density at radius 3 is 2.33 bits per heavy atom. The lowest BCUT2D eigenvalue weighted by molar-refractivity contribution is 0.162. The van der Waals surface area contributed by atoms with Crippen LogP contribution in [-0.4, -0.2) is 31.1 Å². The molecule has 1 aliphatic rings. The Hall–Kier alpha value is 0.680. The van der Waals surface area contributed by atoms with Gasteiger partial charge in [-0.15, -0.1) is 36.2 Å². The first kappa shape index (κ1) is 21.7. The van der Waals surface area contributed by atoms with Crippen LogP contribution in [-0.2, 0) is 0 Å². The van der Waals surface area contributed by atoms with Crippen molar-refractivity contribution in [3.05, 3.63) is 20.3 Å². The number of nitrogens with zero attached hydrogens (tertiary/aromatic N) is 1. The molecule has 0 bridgehead atoms. The standard InChI is InChI=1S/C15H25BrN2S.2ClH/c1-11(2)4-5-13(18-8-6-17-7-9-18)14-10-12(3)15(16)19-14;;/h10-11,13,17H,4-9H2,1-3H3;2*1H/t13-;;/m1../s1. The molecule has 1 atom stereocenters. The zero-order valence-electron chi connectivity index (χ0n) is 13.0. The summed E-state index contributed by atoms with van der Waals surface area (Å²) in [7, 11) is 0. The van der Waals surface area contributed by atoms with Gasteiger partial charge in [0.15, 0.2) is 0 Å². The lowest BCUT2D eigenvalue weighted by Crippen LogP contribution is -2.45. The fourth-order valence-corrected chi connectivity index (χ4v) is 4.38. The lowest BCUT2D eigenvalue weighted by atomic mass is 10.0. The Kier molecular flexibility index (Phi) is 10.8. The number of halogens is 3. The summed E-state index contributed by atoms with van der Waals surface area (Å²) in [6, 6.07) is 2.99. The predicted octanol–water partition coefficient (Wildman–Crippen LogP) is 5.05. The van der Waals surface area contributed by atoms with E-state index in [1.54, 1.807) is 0 Å². The van der Waals surface area contributed by atoms with Crippen LogP contribution in [0, 0.1) is 12.8 Å². The Balaban J connectivity index is 0.00000200. The van der Waals surface area contributed by atoms with Gasteiger partial charge in [-0.1, -0.05) is 13.8 Å². The second-order valence-corrected chi connectivity index (χ2v) is 8.28. The van der Waals surface area contributed by atoms with E-state index in [2.05, 4.69) is 53.0 Å². The molecule has 1 N–H and O–H groups in total. The van der Waals surface area contributed by atoms with Gasteiger partial charge in [-0.25, -0.2) is 0 Å². The lowest BCUT2D eigenvalue weighted by Gasteiger charge is -2.35. The Labute approximate surface area is 154 Å². The van der Waals surface area contributed by atoms with Gasteiger partial charge >= 0.3 is 0 Å². The molecular weight excluding hydrogens is 391 g/mol. The molecule has 124 valence electrons. The normalized spacial score (nSPS) is 17.2. The minimum absolute atomic E-state index is 0. The van der Waals surface area contributed by atoms with Crippen molar-refractivity contribution in [2.45, 2.75) is 39.7 Å². The highest BCUT2D eigenvalue weighted by atomic mass is 79.9. The van der Waals surface area contributed by atoms with Crippen molar-refractivity contribution in [1.29, 1.82) is 0 Å². The molecule has 0 spiro atoms. The number of piperazine rings is 1. The average molecular weight is 418 g/mol. The van der Waals surface area contributed by atoms with Gasteiger partial charge in [0, 0.05) is 37.1 Å². The van der Waals surface area contributed by atoms with E-state index in [9.17, 15) is 0 Å². The molecule has 0 aromatic carbocycles. The van der Waals surface area contributed by atoms with Crippen LogP contribution in [0.2, 0.25) is 0 Å². The first-order valence-corrected chi connectivity index (χ1v) is 8.89. The highest BCUT2D eigenvalue weighted by Gasteiger charge is 2.24. The maximum atomic E-state index is 3.68. The van der Waals surface area contributed by atoms with Crippen LogP contribution in [0.25, 0.3) is 0 Å². The molecule has 2 heterocycles. The largest absolute Gasteiger partial charge is 0.314 e. The zero-order valence-corrected chi connectivity index (χ0v) is 17.1. The number of aryl methyl sites for hydroxylation is 1. The van der Waals surface area contributed by atoms with Crippen molar-refractivity contribution >= 4 is 52.1 Å². The van der Waals surface area contributed by atoms with E-state index in [4.69, 9.17) is 0 Å². The topological polar surface area (TPSA) is 15.3 Å². The van der Waals surface area contributed by atoms with Gasteiger partial charge in [-0.2, -0.15) is 0 Å². The molecule has 0 unspecified atom stereocenters. The van der Waals surface area contributed by atoms with E-state index in [0.717, 1.165) is 19.0 Å². The number of hydrogen-bond acceptors (Lipinski definition) is 3. The summed E-state index contributed by atoms with van der Waals surface area (Å²) in [5, 5.41) is 3.45. The van der Waals surface area contributed by atoms with Crippen molar-refractivity contribution in [2.24, 2.45) is 5.92 Å². The van der Waals surface area contributed by atoms with E-state index in [1.807, 2.05) is 11.3 Å². The van der Waals surface area contributed by atoms with Crippen LogP contribution in [0.3, 0.4) is 0 Å². The summed E-state index contributed by atoms with van der Waals surface area (Å²) in [5.74, 6) is 0.787. The first-order chi connectivity index (χ1) is 9.08. The third-order valence-electron chi connectivity index (χ3n) is 3.81. The van der Waals surface area contributed by atoms with Gasteiger partial charge in [-0.3, -0.25) is 4.90 Å². The molecule has 1 aromatic heterocycles. The summed E-state index contributed by atoms with van der Waals surface area (Å²) in [6.07, 6.45) is 2.59. The molecule has 1 aliphatic heterocycles. The molecule has 2 nitrogen and oxygen atoms in total. The van der Waals surface area contributed by atoms with Crippen LogP contribution in [0.5, 0.6) is 0 Å². The number of nitrogens with one attached hydrogen (secondary N) is 1. The molecule has 1 saturated heterocycles. The number of rotatable bonds is 5. The van der Waals surface area contributed by atoms with Crippen LogP contribution >= 0.6 is 52.1 Å². The second-order valence-electron chi connectivity index (χ2n) is 5.88. The monoisotopic (exact) mass is 416 g/mol. The van der Waals surface area contributed by atoms with E-state index in [1.165, 1.54) is 40.2 Å². The van der Waals surface area contributed by atoms with E-state index < -0.39 is 0 Å². The van der Waals surface area contributed by atoms with Crippen molar-refractivity contribution in [3.8, 4) is 0 Å². The summed E-state index contributed by atoms with van der Waals surface area (Å²) >= 11 is 5.60. The van der Waals surface area contributed by atoms with Crippen LogP contribution in [0.15, 0.2) is 9.85 Å². The fourth-order valence-electron chi connectivity index (χ4n) is 2.64.